The highest BCUT2D eigenvalue weighted by Gasteiger charge is 2.28. The molecule has 5 rings (SSSR count). The van der Waals surface area contributed by atoms with Crippen LogP contribution in [0.3, 0.4) is 0 Å². The fourth-order valence-electron chi connectivity index (χ4n) is 4.11. The van der Waals surface area contributed by atoms with E-state index in [1.807, 2.05) is 24.4 Å². The first-order valence-corrected chi connectivity index (χ1v) is 10.7. The third-order valence-electron chi connectivity index (χ3n) is 5.76. The molecule has 1 N–H and O–H groups in total. The highest BCUT2D eigenvalue weighted by Crippen LogP contribution is 2.31. The second kappa shape index (κ2) is 7.71. The molecule has 2 aromatic carbocycles. The number of thiophene rings is 1. The number of fused-ring (bicyclic) bond motifs is 1. The van der Waals surface area contributed by atoms with Crippen molar-refractivity contribution in [3.05, 3.63) is 76.4 Å². The van der Waals surface area contributed by atoms with Crippen LogP contribution < -0.4 is 0 Å². The molecule has 0 saturated carbocycles. The highest BCUT2D eigenvalue weighted by atomic mass is 32.1. The number of piperazine rings is 1. The van der Waals surface area contributed by atoms with Gasteiger partial charge in [-0.15, -0.1) is 11.3 Å². The molecule has 0 bridgehead atoms. The highest BCUT2D eigenvalue weighted by molar-refractivity contribution is 7.10. The normalized spacial score (nSPS) is 18.5. The maximum atomic E-state index is 14.7. The summed E-state index contributed by atoms with van der Waals surface area (Å²) in [5.41, 5.74) is 3.87. The Labute approximate surface area is 173 Å². The van der Waals surface area contributed by atoms with Gasteiger partial charge in [-0.3, -0.25) is 10.00 Å². The maximum absolute atomic E-state index is 14.7. The molecule has 1 fully saturated rings. The zero-order valence-electron chi connectivity index (χ0n) is 16.3. The summed E-state index contributed by atoms with van der Waals surface area (Å²) < 4.78 is 14.7. The molecule has 1 saturated heterocycles. The van der Waals surface area contributed by atoms with Crippen molar-refractivity contribution in [3.8, 4) is 11.1 Å². The smallest absolute Gasteiger partial charge is 0.127 e. The van der Waals surface area contributed by atoms with Crippen LogP contribution in [-0.2, 0) is 6.54 Å². The monoisotopic (exact) mass is 406 g/mol. The van der Waals surface area contributed by atoms with E-state index in [2.05, 4.69) is 56.7 Å². The lowest BCUT2D eigenvalue weighted by Gasteiger charge is -2.39. The minimum absolute atomic E-state index is 0.137. The first kappa shape index (κ1) is 18.5. The van der Waals surface area contributed by atoms with E-state index in [1.165, 1.54) is 4.88 Å². The lowest BCUT2D eigenvalue weighted by Crippen LogP contribution is -2.46. The van der Waals surface area contributed by atoms with Crippen molar-refractivity contribution >= 4 is 22.2 Å². The standard InChI is InChI=1S/C23H23FN4S/c1-27-8-9-28(22(15-27)23-3-2-10-29-23)14-19-12-16(4-6-20(19)24)17-5-7-21-18(11-17)13-25-26-21/h2-7,10-13,22H,8-9,14-15H2,1H3,(H,25,26)/t22-/m1/s1. The van der Waals surface area contributed by atoms with Crippen molar-refractivity contribution in [3.63, 3.8) is 0 Å². The first-order valence-electron chi connectivity index (χ1n) is 9.85. The number of hydrogen-bond donors (Lipinski definition) is 1. The molecule has 1 atom stereocenters. The molecule has 6 heteroatoms. The number of halogens is 1. The molecule has 4 nitrogen and oxygen atoms in total. The zero-order chi connectivity index (χ0) is 19.8. The Morgan fingerprint density at radius 1 is 1.14 bits per heavy atom. The molecule has 29 heavy (non-hydrogen) atoms. The zero-order valence-corrected chi connectivity index (χ0v) is 17.1. The minimum Gasteiger partial charge on any atom is -0.303 e. The molecule has 0 unspecified atom stereocenters. The van der Waals surface area contributed by atoms with E-state index in [0.29, 0.717) is 12.6 Å². The van der Waals surface area contributed by atoms with Crippen LogP contribution in [0.15, 0.2) is 60.1 Å². The van der Waals surface area contributed by atoms with E-state index in [0.717, 1.165) is 47.2 Å². The third kappa shape index (κ3) is 3.71. The molecule has 2 aromatic heterocycles. The van der Waals surface area contributed by atoms with Crippen LogP contribution in [0, 0.1) is 5.82 Å². The number of aromatic amines is 1. The van der Waals surface area contributed by atoms with Crippen molar-refractivity contribution in [1.29, 1.82) is 0 Å². The Morgan fingerprint density at radius 2 is 2.00 bits per heavy atom. The number of benzene rings is 2. The van der Waals surface area contributed by atoms with Crippen LogP contribution in [0.1, 0.15) is 16.5 Å². The molecule has 0 radical (unpaired) electrons. The number of aromatic nitrogens is 2. The van der Waals surface area contributed by atoms with Crippen molar-refractivity contribution in [2.45, 2.75) is 12.6 Å². The van der Waals surface area contributed by atoms with E-state index in [1.54, 1.807) is 17.4 Å². The molecule has 1 aliphatic rings. The predicted molar refractivity (Wildman–Crippen MR) is 116 cm³/mol. The number of nitrogens with zero attached hydrogens (tertiary/aromatic N) is 3. The van der Waals surface area contributed by atoms with Crippen LogP contribution in [-0.4, -0.2) is 46.7 Å². The van der Waals surface area contributed by atoms with Crippen molar-refractivity contribution in [2.75, 3.05) is 26.7 Å². The van der Waals surface area contributed by atoms with Gasteiger partial charge in [0, 0.05) is 42.0 Å². The van der Waals surface area contributed by atoms with E-state index < -0.39 is 0 Å². The summed E-state index contributed by atoms with van der Waals surface area (Å²) in [6.07, 6.45) is 1.82. The average Bonchev–Trinajstić information content (AvgIpc) is 3.42. The largest absolute Gasteiger partial charge is 0.303 e. The lowest BCUT2D eigenvalue weighted by molar-refractivity contribution is 0.0844. The summed E-state index contributed by atoms with van der Waals surface area (Å²) in [6, 6.07) is 16.2. The minimum atomic E-state index is -0.137. The Balaban J connectivity index is 1.45. The Bertz CT molecular complexity index is 1120. The van der Waals surface area contributed by atoms with Gasteiger partial charge in [0.05, 0.1) is 17.8 Å². The second-order valence-electron chi connectivity index (χ2n) is 7.74. The summed E-state index contributed by atoms with van der Waals surface area (Å²) >= 11 is 1.78. The first-order chi connectivity index (χ1) is 14.2. The summed E-state index contributed by atoms with van der Waals surface area (Å²) in [4.78, 5) is 6.11. The lowest BCUT2D eigenvalue weighted by atomic mass is 10.0. The van der Waals surface area contributed by atoms with Gasteiger partial charge in [0.2, 0.25) is 0 Å². The molecule has 4 aromatic rings. The van der Waals surface area contributed by atoms with Crippen molar-refractivity contribution < 1.29 is 4.39 Å². The average molecular weight is 407 g/mol. The van der Waals surface area contributed by atoms with Crippen LogP contribution in [0.5, 0.6) is 0 Å². The van der Waals surface area contributed by atoms with Crippen LogP contribution in [0.4, 0.5) is 4.39 Å². The van der Waals surface area contributed by atoms with Crippen LogP contribution in [0.2, 0.25) is 0 Å². The van der Waals surface area contributed by atoms with Crippen LogP contribution in [0.25, 0.3) is 22.0 Å². The number of likely N-dealkylation sites (N-methyl/N-ethyl adjacent to an activating group) is 1. The third-order valence-corrected chi connectivity index (χ3v) is 6.73. The molecular weight excluding hydrogens is 383 g/mol. The quantitative estimate of drug-likeness (QED) is 0.523. The SMILES string of the molecule is CN1CCN(Cc2cc(-c3ccc4[nH]ncc4c3)ccc2F)[C@@H](c2cccs2)C1. The summed E-state index contributed by atoms with van der Waals surface area (Å²) in [5.74, 6) is -0.137. The fourth-order valence-corrected chi connectivity index (χ4v) is 4.97. The Morgan fingerprint density at radius 3 is 2.86 bits per heavy atom. The topological polar surface area (TPSA) is 35.2 Å². The van der Waals surface area contributed by atoms with E-state index in [9.17, 15) is 4.39 Å². The van der Waals surface area contributed by atoms with Crippen LogP contribution >= 0.6 is 11.3 Å². The van der Waals surface area contributed by atoms with Gasteiger partial charge in [0.25, 0.3) is 0 Å². The molecule has 0 amide bonds. The molecule has 0 aliphatic carbocycles. The van der Waals surface area contributed by atoms with Gasteiger partial charge in [0.1, 0.15) is 5.82 Å². The molecule has 3 heterocycles. The van der Waals surface area contributed by atoms with E-state index in [-0.39, 0.29) is 5.82 Å². The van der Waals surface area contributed by atoms with Gasteiger partial charge in [-0.25, -0.2) is 4.39 Å². The van der Waals surface area contributed by atoms with Gasteiger partial charge in [0.15, 0.2) is 0 Å². The summed E-state index contributed by atoms with van der Waals surface area (Å²) in [5, 5.41) is 10.2. The number of H-pyrrole nitrogens is 1. The second-order valence-corrected chi connectivity index (χ2v) is 8.72. The maximum Gasteiger partial charge on any atom is 0.127 e. The fraction of sp³-hybridized carbons (Fsp3) is 0.261. The van der Waals surface area contributed by atoms with Crippen molar-refractivity contribution in [1.82, 2.24) is 20.0 Å². The molecule has 0 spiro atoms. The van der Waals surface area contributed by atoms with Gasteiger partial charge in [-0.05, 0) is 53.9 Å². The van der Waals surface area contributed by atoms with Crippen molar-refractivity contribution in [2.24, 2.45) is 0 Å². The van der Waals surface area contributed by atoms with Gasteiger partial charge >= 0.3 is 0 Å². The Kier molecular flexibility index (Phi) is 4.91. The van der Waals surface area contributed by atoms with E-state index >= 15 is 0 Å². The molecule has 1 aliphatic heterocycles. The van der Waals surface area contributed by atoms with Gasteiger partial charge in [-0.1, -0.05) is 18.2 Å². The molecule has 148 valence electrons. The Hall–Kier alpha value is -2.54. The van der Waals surface area contributed by atoms with Gasteiger partial charge < -0.3 is 4.90 Å². The number of nitrogens with one attached hydrogen (secondary N) is 1. The number of hydrogen-bond acceptors (Lipinski definition) is 4. The predicted octanol–water partition coefficient (Wildman–Crippen LogP) is 4.92. The summed E-state index contributed by atoms with van der Waals surface area (Å²) in [6.45, 7) is 3.52. The number of rotatable bonds is 4. The van der Waals surface area contributed by atoms with E-state index in [4.69, 9.17) is 0 Å². The van der Waals surface area contributed by atoms with Gasteiger partial charge in [-0.2, -0.15) is 5.10 Å². The molecular formula is C23H23FN4S. The summed E-state index contributed by atoms with van der Waals surface area (Å²) in [7, 11) is 2.16.